The van der Waals surface area contributed by atoms with E-state index in [2.05, 4.69) is 21.6 Å². The molecular weight excluding hydrogens is 244 g/mol. The van der Waals surface area contributed by atoms with Gasteiger partial charge in [-0.2, -0.15) is 5.10 Å². The number of hydrogen-bond acceptors (Lipinski definition) is 2. The second-order valence-electron chi connectivity index (χ2n) is 5.62. The number of aromatic nitrogens is 4. The lowest BCUT2D eigenvalue weighted by Gasteiger charge is -2.27. The Balaban J connectivity index is 2.11. The smallest absolute Gasteiger partial charge is 0.179 e. The maximum absolute atomic E-state index is 5.50. The van der Waals surface area contributed by atoms with Gasteiger partial charge in [0.25, 0.3) is 0 Å². The third kappa shape index (κ3) is 1.72. The van der Waals surface area contributed by atoms with E-state index in [-0.39, 0.29) is 0 Å². The highest BCUT2D eigenvalue weighted by atomic mass is 32.1. The van der Waals surface area contributed by atoms with Gasteiger partial charge in [0.1, 0.15) is 5.52 Å². The molecule has 0 bridgehead atoms. The zero-order chi connectivity index (χ0) is 12.9. The fraction of sp³-hybridized carbons (Fsp3) is 0.692. The first-order chi connectivity index (χ1) is 8.58. The molecule has 1 fully saturated rings. The summed E-state index contributed by atoms with van der Waals surface area (Å²) in [5, 5.41) is 4.48. The molecule has 0 radical (unpaired) electrons. The fourth-order valence-electron chi connectivity index (χ4n) is 3.17. The predicted molar refractivity (Wildman–Crippen MR) is 75.3 cm³/mol. The second kappa shape index (κ2) is 4.23. The van der Waals surface area contributed by atoms with Gasteiger partial charge in [0, 0.05) is 13.1 Å². The van der Waals surface area contributed by atoms with E-state index < -0.39 is 0 Å². The van der Waals surface area contributed by atoms with Crippen molar-refractivity contribution in [1.29, 1.82) is 0 Å². The van der Waals surface area contributed by atoms with Crippen molar-refractivity contribution in [1.82, 2.24) is 19.3 Å². The Labute approximate surface area is 112 Å². The Hall–Kier alpha value is -1.10. The summed E-state index contributed by atoms with van der Waals surface area (Å²) in [4.78, 5) is 3.32. The van der Waals surface area contributed by atoms with E-state index in [1.807, 2.05) is 18.7 Å². The van der Waals surface area contributed by atoms with Crippen molar-refractivity contribution in [3.05, 3.63) is 10.5 Å². The third-order valence-electron chi connectivity index (χ3n) is 4.22. The van der Waals surface area contributed by atoms with Crippen LogP contribution in [0.1, 0.15) is 44.3 Å². The number of nitrogens with zero attached hydrogens (tertiary/aromatic N) is 3. The summed E-state index contributed by atoms with van der Waals surface area (Å²) >= 11 is 5.50. The summed E-state index contributed by atoms with van der Waals surface area (Å²) in [6.45, 7) is 4.37. The molecule has 2 aromatic heterocycles. The molecule has 0 amide bonds. The van der Waals surface area contributed by atoms with Crippen LogP contribution in [0.15, 0.2) is 0 Å². The van der Waals surface area contributed by atoms with Gasteiger partial charge in [-0.3, -0.25) is 9.25 Å². The van der Waals surface area contributed by atoms with Crippen LogP contribution in [0.2, 0.25) is 0 Å². The number of nitrogens with one attached hydrogen (secondary N) is 1. The number of H-pyrrole nitrogens is 1. The van der Waals surface area contributed by atoms with Crippen LogP contribution in [-0.2, 0) is 7.05 Å². The zero-order valence-electron chi connectivity index (χ0n) is 11.2. The Morgan fingerprint density at radius 2 is 1.94 bits per heavy atom. The van der Waals surface area contributed by atoms with Gasteiger partial charge in [0.2, 0.25) is 0 Å². The highest BCUT2D eigenvalue weighted by Gasteiger charge is 2.23. The van der Waals surface area contributed by atoms with Crippen molar-refractivity contribution < 1.29 is 0 Å². The van der Waals surface area contributed by atoms with Gasteiger partial charge in [-0.05, 0) is 50.7 Å². The average molecular weight is 264 g/mol. The molecule has 0 unspecified atom stereocenters. The highest BCUT2D eigenvalue weighted by Crippen LogP contribution is 2.34. The van der Waals surface area contributed by atoms with Crippen LogP contribution in [0.5, 0.6) is 0 Å². The van der Waals surface area contributed by atoms with Crippen molar-refractivity contribution in [3.8, 4) is 0 Å². The van der Waals surface area contributed by atoms with Crippen molar-refractivity contribution in [3.63, 3.8) is 0 Å². The van der Waals surface area contributed by atoms with Gasteiger partial charge in [-0.15, -0.1) is 0 Å². The lowest BCUT2D eigenvalue weighted by Crippen LogP contribution is -2.18. The number of imidazole rings is 1. The summed E-state index contributed by atoms with van der Waals surface area (Å²) < 4.78 is 5.09. The topological polar surface area (TPSA) is 38.5 Å². The van der Waals surface area contributed by atoms with Crippen LogP contribution in [0.3, 0.4) is 0 Å². The van der Waals surface area contributed by atoms with E-state index in [4.69, 9.17) is 12.2 Å². The fourth-order valence-corrected chi connectivity index (χ4v) is 3.51. The van der Waals surface area contributed by atoms with Gasteiger partial charge in [0.05, 0.1) is 5.69 Å². The van der Waals surface area contributed by atoms with Crippen LogP contribution in [0, 0.1) is 17.6 Å². The molecule has 4 nitrogen and oxygen atoms in total. The molecule has 3 rings (SSSR count). The summed E-state index contributed by atoms with van der Waals surface area (Å²) in [6, 6.07) is 0.539. The minimum Gasteiger partial charge on any atom is -0.328 e. The predicted octanol–water partition coefficient (Wildman–Crippen LogP) is 3.49. The quantitative estimate of drug-likeness (QED) is 0.801. The molecule has 98 valence electrons. The van der Waals surface area contributed by atoms with E-state index in [0.717, 1.165) is 27.5 Å². The Morgan fingerprint density at radius 1 is 1.28 bits per heavy atom. The second-order valence-corrected chi connectivity index (χ2v) is 6.01. The first kappa shape index (κ1) is 12.0. The van der Waals surface area contributed by atoms with E-state index in [0.29, 0.717) is 6.04 Å². The van der Waals surface area contributed by atoms with Crippen molar-refractivity contribution in [2.24, 2.45) is 13.0 Å². The minimum atomic E-state index is 0.539. The SMILES string of the molecule is Cc1nn(C)c2c1[nH]c(=S)n2C1CCC(C)CC1. The van der Waals surface area contributed by atoms with Crippen LogP contribution in [0.25, 0.3) is 11.2 Å². The molecule has 2 aromatic rings. The molecule has 0 spiro atoms. The largest absolute Gasteiger partial charge is 0.328 e. The molecular formula is C13H20N4S. The Bertz CT molecular complexity index is 625. The summed E-state index contributed by atoms with van der Waals surface area (Å²) in [5.74, 6) is 0.859. The molecule has 0 aliphatic heterocycles. The first-order valence-electron chi connectivity index (χ1n) is 6.71. The molecule has 0 atom stereocenters. The standard InChI is InChI=1S/C13H20N4S/c1-8-4-6-10(7-5-8)17-12-11(14-13(17)18)9(2)15-16(12)3/h8,10H,4-7H2,1-3H3,(H,14,18). The normalized spacial score (nSPS) is 24.8. The van der Waals surface area contributed by atoms with Gasteiger partial charge in [-0.1, -0.05) is 6.92 Å². The molecule has 1 saturated carbocycles. The molecule has 2 heterocycles. The van der Waals surface area contributed by atoms with Crippen molar-refractivity contribution in [2.75, 3.05) is 0 Å². The number of rotatable bonds is 1. The van der Waals surface area contributed by atoms with Crippen LogP contribution >= 0.6 is 12.2 Å². The Kier molecular flexibility index (Phi) is 2.81. The lowest BCUT2D eigenvalue weighted by molar-refractivity contribution is 0.290. The van der Waals surface area contributed by atoms with Crippen molar-refractivity contribution >= 4 is 23.4 Å². The average Bonchev–Trinajstić information content (AvgIpc) is 2.79. The van der Waals surface area contributed by atoms with Crippen LogP contribution in [-0.4, -0.2) is 19.3 Å². The summed E-state index contributed by atoms with van der Waals surface area (Å²) in [6.07, 6.45) is 5.06. The molecule has 18 heavy (non-hydrogen) atoms. The van der Waals surface area contributed by atoms with E-state index in [1.165, 1.54) is 25.7 Å². The van der Waals surface area contributed by atoms with Gasteiger partial charge in [0.15, 0.2) is 10.4 Å². The molecule has 1 aliphatic rings. The lowest BCUT2D eigenvalue weighted by atomic mass is 9.87. The maximum Gasteiger partial charge on any atom is 0.179 e. The number of aromatic amines is 1. The third-order valence-corrected chi connectivity index (χ3v) is 4.52. The monoisotopic (exact) mass is 264 g/mol. The highest BCUT2D eigenvalue weighted by molar-refractivity contribution is 7.71. The molecule has 0 aromatic carbocycles. The summed E-state index contributed by atoms with van der Waals surface area (Å²) in [5.41, 5.74) is 3.28. The molecule has 1 aliphatic carbocycles. The first-order valence-corrected chi connectivity index (χ1v) is 7.12. The van der Waals surface area contributed by atoms with Gasteiger partial charge in [-0.25, -0.2) is 0 Å². The minimum absolute atomic E-state index is 0.539. The zero-order valence-corrected chi connectivity index (χ0v) is 12.0. The van der Waals surface area contributed by atoms with Gasteiger partial charge < -0.3 is 4.98 Å². The number of fused-ring (bicyclic) bond motifs is 1. The van der Waals surface area contributed by atoms with Gasteiger partial charge >= 0.3 is 0 Å². The maximum atomic E-state index is 5.50. The van der Waals surface area contributed by atoms with E-state index in [9.17, 15) is 0 Å². The Morgan fingerprint density at radius 3 is 2.61 bits per heavy atom. The van der Waals surface area contributed by atoms with Crippen LogP contribution < -0.4 is 0 Å². The molecule has 5 heteroatoms. The van der Waals surface area contributed by atoms with E-state index >= 15 is 0 Å². The van der Waals surface area contributed by atoms with Crippen LogP contribution in [0.4, 0.5) is 0 Å². The van der Waals surface area contributed by atoms with E-state index in [1.54, 1.807) is 0 Å². The molecule has 1 N–H and O–H groups in total. The summed E-state index contributed by atoms with van der Waals surface area (Å²) in [7, 11) is 2.00. The molecule has 0 saturated heterocycles. The number of hydrogen-bond donors (Lipinski definition) is 1. The number of aryl methyl sites for hydroxylation is 2. The van der Waals surface area contributed by atoms with Crippen molar-refractivity contribution in [2.45, 2.75) is 45.6 Å².